The topological polar surface area (TPSA) is 9.86 Å². The van der Waals surface area contributed by atoms with Crippen LogP contribution in [0.4, 0.5) is 0 Å². The number of para-hydroxylation sites is 3. The number of hydrogen-bond acceptors (Lipinski definition) is 0. The Hall–Kier alpha value is -6.42. The van der Waals surface area contributed by atoms with E-state index in [4.69, 9.17) is 0 Å². The van der Waals surface area contributed by atoms with Gasteiger partial charge in [-0.25, -0.2) is 0 Å². The van der Waals surface area contributed by atoms with Gasteiger partial charge in [-0.05, 0) is 74.3 Å². The molecule has 0 radical (unpaired) electrons. The van der Waals surface area contributed by atoms with E-state index < -0.39 is 8.07 Å². The van der Waals surface area contributed by atoms with Gasteiger partial charge < -0.3 is 9.13 Å². The molecule has 0 saturated carbocycles. The molecule has 2 aromatic heterocycles. The van der Waals surface area contributed by atoms with Gasteiger partial charge in [0.1, 0.15) is 0 Å². The van der Waals surface area contributed by atoms with Crippen molar-refractivity contribution >= 4 is 72.4 Å². The van der Waals surface area contributed by atoms with Gasteiger partial charge in [-0.2, -0.15) is 0 Å². The lowest BCUT2D eigenvalue weighted by Gasteiger charge is -2.31. The van der Waals surface area contributed by atoms with Crippen molar-refractivity contribution < 1.29 is 0 Å². The predicted molar refractivity (Wildman–Crippen MR) is 218 cm³/mol. The monoisotopic (exact) mass is 664 g/mol. The van der Waals surface area contributed by atoms with Crippen LogP contribution in [0, 0.1) is 0 Å². The van der Waals surface area contributed by atoms with Gasteiger partial charge in [0.2, 0.25) is 0 Å². The molecule has 8 aromatic carbocycles. The van der Waals surface area contributed by atoms with Crippen molar-refractivity contribution in [3.05, 3.63) is 194 Å². The maximum atomic E-state index is 2.49. The third-order valence-electron chi connectivity index (χ3n) is 11.2. The third kappa shape index (κ3) is 3.81. The van der Waals surface area contributed by atoms with Crippen molar-refractivity contribution in [3.63, 3.8) is 0 Å². The molecule has 11 rings (SSSR count). The van der Waals surface area contributed by atoms with E-state index in [1.54, 1.807) is 0 Å². The Labute approximate surface area is 297 Å². The Morgan fingerprint density at radius 3 is 1.63 bits per heavy atom. The fraction of sp³-hybridized carbons (Fsp3) is 0. The molecule has 238 valence electrons. The summed E-state index contributed by atoms with van der Waals surface area (Å²) in [5, 5.41) is 10.8. The molecule has 3 heteroatoms. The molecule has 2 nitrogen and oxygen atoms in total. The van der Waals surface area contributed by atoms with E-state index in [1.165, 1.54) is 86.9 Å². The summed E-state index contributed by atoms with van der Waals surface area (Å²) in [6.45, 7) is 0. The van der Waals surface area contributed by atoms with E-state index in [0.29, 0.717) is 0 Å². The molecule has 0 atom stereocenters. The van der Waals surface area contributed by atoms with Gasteiger partial charge >= 0.3 is 0 Å². The van der Waals surface area contributed by atoms with Crippen LogP contribution in [0.15, 0.2) is 194 Å². The second-order valence-electron chi connectivity index (χ2n) is 13.7. The standard InChI is InChI=1S/C48H32N2Si/c1-4-16-33(17-5-1)50-42-25-13-10-22-37(42)39-29-30-44-47(48(39)50)40-24-11-14-26-43(40)49(44)34-28-31-46-41(32-34)38-23-12-15-27-45(38)51(46,35-18-6-2-7-19-35)36-20-8-3-9-21-36/h1-32H. The number of hydrogen-bond donors (Lipinski definition) is 0. The lowest BCUT2D eigenvalue weighted by molar-refractivity contribution is 1.18. The minimum atomic E-state index is -2.55. The van der Waals surface area contributed by atoms with Gasteiger partial charge in [0, 0.05) is 32.9 Å². The fourth-order valence-electron chi connectivity index (χ4n) is 9.21. The molecular weight excluding hydrogens is 633 g/mol. The van der Waals surface area contributed by atoms with Crippen molar-refractivity contribution in [2.45, 2.75) is 0 Å². The smallest absolute Gasteiger partial charge is 0.180 e. The molecule has 0 saturated heterocycles. The highest BCUT2D eigenvalue weighted by molar-refractivity contribution is 7.22. The summed E-state index contributed by atoms with van der Waals surface area (Å²) in [7, 11) is -2.55. The van der Waals surface area contributed by atoms with Crippen LogP contribution >= 0.6 is 0 Å². The molecule has 0 fully saturated rings. The highest BCUT2D eigenvalue weighted by atomic mass is 28.3. The van der Waals surface area contributed by atoms with Crippen molar-refractivity contribution in [3.8, 4) is 22.5 Å². The zero-order valence-corrected chi connectivity index (χ0v) is 28.9. The average molecular weight is 665 g/mol. The zero-order valence-electron chi connectivity index (χ0n) is 27.9. The van der Waals surface area contributed by atoms with E-state index in [0.717, 1.165) is 0 Å². The van der Waals surface area contributed by atoms with E-state index in [-0.39, 0.29) is 0 Å². The van der Waals surface area contributed by atoms with E-state index in [2.05, 4.69) is 203 Å². The SMILES string of the molecule is c1ccc(-n2c3ccccc3c3ccc4c(c5ccccc5n4-c4ccc5c(c4)-c4ccccc4[Si]5(c4ccccc4)c4ccccc4)c32)cc1. The summed E-state index contributed by atoms with van der Waals surface area (Å²) < 4.78 is 4.95. The van der Waals surface area contributed by atoms with Crippen molar-refractivity contribution in [2.75, 3.05) is 0 Å². The Morgan fingerprint density at radius 1 is 0.333 bits per heavy atom. The van der Waals surface area contributed by atoms with Crippen molar-refractivity contribution in [1.82, 2.24) is 9.13 Å². The van der Waals surface area contributed by atoms with Crippen LogP contribution in [0.3, 0.4) is 0 Å². The molecule has 1 aliphatic heterocycles. The van der Waals surface area contributed by atoms with Gasteiger partial charge in [-0.3, -0.25) is 0 Å². The zero-order chi connectivity index (χ0) is 33.5. The lowest BCUT2D eigenvalue weighted by atomic mass is 10.1. The van der Waals surface area contributed by atoms with Gasteiger partial charge in [-0.1, -0.05) is 152 Å². The summed E-state index contributed by atoms with van der Waals surface area (Å²) in [5.74, 6) is 0. The van der Waals surface area contributed by atoms with Crippen LogP contribution in [0.25, 0.3) is 66.1 Å². The molecule has 0 aliphatic carbocycles. The Balaban J connectivity index is 1.24. The summed E-state index contributed by atoms with van der Waals surface area (Å²) in [5.41, 5.74) is 9.94. The molecule has 0 N–H and O–H groups in total. The van der Waals surface area contributed by atoms with Crippen LogP contribution in [0.1, 0.15) is 0 Å². The molecule has 0 spiro atoms. The third-order valence-corrected chi connectivity index (χ3v) is 16.1. The predicted octanol–water partition coefficient (Wildman–Crippen LogP) is 9.24. The van der Waals surface area contributed by atoms with Gasteiger partial charge in [0.05, 0.1) is 22.1 Å². The number of aromatic nitrogens is 2. The van der Waals surface area contributed by atoms with Crippen LogP contribution in [-0.4, -0.2) is 17.2 Å². The van der Waals surface area contributed by atoms with Crippen LogP contribution in [0.2, 0.25) is 0 Å². The first-order chi connectivity index (χ1) is 25.3. The highest BCUT2D eigenvalue weighted by Gasteiger charge is 2.48. The maximum absolute atomic E-state index is 2.55. The number of rotatable bonds is 4. The normalized spacial score (nSPS) is 13.3. The number of fused-ring (bicyclic) bond motifs is 10. The Bertz CT molecular complexity index is 2920. The molecule has 3 heterocycles. The highest BCUT2D eigenvalue weighted by Crippen LogP contribution is 2.42. The van der Waals surface area contributed by atoms with E-state index >= 15 is 0 Å². The molecule has 0 amide bonds. The first kappa shape index (κ1) is 28.4. The van der Waals surface area contributed by atoms with Crippen molar-refractivity contribution in [1.29, 1.82) is 0 Å². The first-order valence-electron chi connectivity index (χ1n) is 17.7. The average Bonchev–Trinajstić information content (AvgIpc) is 3.83. The second-order valence-corrected chi connectivity index (χ2v) is 17.4. The lowest BCUT2D eigenvalue weighted by Crippen LogP contribution is -2.72. The minimum Gasteiger partial charge on any atom is -0.309 e. The van der Waals surface area contributed by atoms with Crippen LogP contribution < -0.4 is 20.7 Å². The first-order valence-corrected chi connectivity index (χ1v) is 19.7. The van der Waals surface area contributed by atoms with Gasteiger partial charge in [0.15, 0.2) is 8.07 Å². The minimum absolute atomic E-state index is 1.17. The molecule has 10 aromatic rings. The molecule has 51 heavy (non-hydrogen) atoms. The largest absolute Gasteiger partial charge is 0.309 e. The summed E-state index contributed by atoms with van der Waals surface area (Å²) >= 11 is 0. The Kier molecular flexibility index (Phi) is 6.01. The van der Waals surface area contributed by atoms with Crippen LogP contribution in [-0.2, 0) is 0 Å². The quantitative estimate of drug-likeness (QED) is 0.166. The van der Waals surface area contributed by atoms with Crippen molar-refractivity contribution in [2.24, 2.45) is 0 Å². The molecule has 0 unspecified atom stereocenters. The number of benzene rings is 8. The van der Waals surface area contributed by atoms with Crippen LogP contribution in [0.5, 0.6) is 0 Å². The maximum Gasteiger partial charge on any atom is 0.180 e. The molecular formula is C48H32N2Si. The molecule has 1 aliphatic rings. The molecule has 0 bridgehead atoms. The summed E-state index contributed by atoms with van der Waals surface area (Å²) in [4.78, 5) is 0. The van der Waals surface area contributed by atoms with E-state index in [1.807, 2.05) is 0 Å². The fourth-order valence-corrected chi connectivity index (χ4v) is 14.4. The summed E-state index contributed by atoms with van der Waals surface area (Å²) in [6, 6.07) is 72.2. The van der Waals surface area contributed by atoms with Gasteiger partial charge in [0.25, 0.3) is 0 Å². The summed E-state index contributed by atoms with van der Waals surface area (Å²) in [6.07, 6.45) is 0. The Morgan fingerprint density at radius 2 is 0.902 bits per heavy atom. The van der Waals surface area contributed by atoms with Gasteiger partial charge in [-0.15, -0.1) is 0 Å². The second kappa shape index (κ2) is 10.8. The van der Waals surface area contributed by atoms with E-state index in [9.17, 15) is 0 Å². The number of nitrogens with zero attached hydrogens (tertiary/aromatic N) is 2.